The largest absolute Gasteiger partial charge is 0.391 e. The van der Waals surface area contributed by atoms with E-state index in [9.17, 15) is 62.6 Å². The lowest BCUT2D eigenvalue weighted by atomic mass is 9.97. The quantitative estimate of drug-likeness (QED) is 0.117. The van der Waals surface area contributed by atoms with Crippen molar-refractivity contribution >= 4 is 82.7 Å². The summed E-state index contributed by atoms with van der Waals surface area (Å²) in [6.45, 7) is 19.4. The molecule has 0 radical (unpaired) electrons. The van der Waals surface area contributed by atoms with Crippen LogP contribution in [0.3, 0.4) is 0 Å². The van der Waals surface area contributed by atoms with Gasteiger partial charge in [0, 0.05) is 75.3 Å². The number of aliphatic hydroxyl groups excluding tert-OH is 1. The Bertz CT molecular complexity index is 3270. The summed E-state index contributed by atoms with van der Waals surface area (Å²) in [5, 5.41) is 27.3. The van der Waals surface area contributed by atoms with E-state index in [1.54, 1.807) is 100 Å². The molecule has 0 aromatic heterocycles. The van der Waals surface area contributed by atoms with E-state index in [1.165, 1.54) is 75.0 Å². The first kappa shape index (κ1) is 86.4. The fourth-order valence-electron chi connectivity index (χ4n) is 12.6. The predicted molar refractivity (Wildman–Crippen MR) is 387 cm³/mol. The van der Waals surface area contributed by atoms with Gasteiger partial charge in [0.1, 0.15) is 66.5 Å². The van der Waals surface area contributed by atoms with Gasteiger partial charge in [-0.1, -0.05) is 116 Å². The Hall–Kier alpha value is -9.02. The SMILES string of the molecule is CC(C)C[C@@H]1NC(=O)[C@H](C)N(C)C(=O)CNC(=O)[C@H](C(C)C)N(C)C(=O)[C@H](Cc2ccccc2)NC(=O)[C@H]([C@@H](C)O)NC(=O)[C@H](CC(C)C)N(C)C(=O)CN(C)C(=O)C[C@@H](C(=O)N(C)[C@@H](Cc2ccccc2)C(=O)N[C@@H](C)C(=O)N2CCCCC2)NC(=O)[C@H](C)N(C)C(=O)[C@H](CC(C)C)N(C)C1=O. The maximum atomic E-state index is 15.4. The number of piperidine rings is 1. The van der Waals surface area contributed by atoms with E-state index < -0.39 is 175 Å². The van der Waals surface area contributed by atoms with Crippen LogP contribution in [0.2, 0.25) is 0 Å². The Labute approximate surface area is 608 Å². The van der Waals surface area contributed by atoms with Crippen LogP contribution < -0.4 is 31.9 Å². The first-order valence-corrected chi connectivity index (χ1v) is 35.9. The zero-order chi connectivity index (χ0) is 77.6. The summed E-state index contributed by atoms with van der Waals surface area (Å²) in [4.78, 5) is 213. The highest BCUT2D eigenvalue weighted by atomic mass is 16.3. The Balaban J connectivity index is 1.89. The summed E-state index contributed by atoms with van der Waals surface area (Å²) in [5.41, 5.74) is 1.19. The van der Waals surface area contributed by atoms with Crippen LogP contribution in [0.1, 0.15) is 139 Å². The molecule has 2 fully saturated rings. The number of nitrogens with one attached hydrogen (secondary N) is 6. The van der Waals surface area contributed by atoms with Crippen LogP contribution in [0.15, 0.2) is 60.7 Å². The number of likely N-dealkylation sites (tertiary alicyclic amines) is 1. The number of rotatable bonds is 17. The standard InChI is InChI=1S/C74H116N14O15/c1-43(2)35-53-71(100)86(18)58(37-45(5)6)74(103)83(15)49(11)65(94)78-55(72(101)85(17)57(39-52-31-25-21-26-32-52)66(95)76-47(9)70(99)88-33-27-22-28-34-88)40-59(90)81(13)42-61(92)84(16)56(36-44(3)4)67(96)80-62(50(12)89)68(97)79-54(38-51-29-23-20-24-30-51)73(102)87(19)63(46(7)8)69(98)75-41-60(91)82(14)48(10)64(93)77-53/h20-21,23-26,29-32,43-50,53-58,62-63,89H,22,27-28,33-42H2,1-19H3,(H,75,98)(H,76,95)(H,77,93)(H,78,94)(H,79,97)(H,80,96)/t47-,48-,49-,50+,53-,54-,55-,56-,57-,58-,62-,63-/m0/s1. The number of benzene rings is 2. The molecule has 572 valence electrons. The molecule has 29 heteroatoms. The fourth-order valence-corrected chi connectivity index (χ4v) is 12.6. The minimum atomic E-state index is -1.82. The molecule has 4 rings (SSSR count). The Morgan fingerprint density at radius 2 is 1.06 bits per heavy atom. The lowest BCUT2D eigenvalue weighted by Gasteiger charge is -2.37. The molecule has 0 aliphatic carbocycles. The van der Waals surface area contributed by atoms with Crippen molar-refractivity contribution in [3.63, 3.8) is 0 Å². The lowest BCUT2D eigenvalue weighted by Crippen LogP contribution is -2.62. The van der Waals surface area contributed by atoms with Gasteiger partial charge in [-0.2, -0.15) is 0 Å². The molecule has 0 spiro atoms. The molecule has 12 atom stereocenters. The average molecular weight is 1440 g/mol. The number of likely N-dealkylation sites (N-methyl/N-ethyl adjacent to an activating group) is 7. The molecule has 2 aromatic carbocycles. The second-order valence-corrected chi connectivity index (χ2v) is 29.4. The molecular weight excluding hydrogens is 1320 g/mol. The zero-order valence-electron chi connectivity index (χ0n) is 63.9. The van der Waals surface area contributed by atoms with Crippen molar-refractivity contribution in [1.82, 2.24) is 71.1 Å². The molecule has 7 N–H and O–H groups in total. The van der Waals surface area contributed by atoms with Crippen molar-refractivity contribution in [2.45, 2.75) is 213 Å². The highest BCUT2D eigenvalue weighted by Crippen LogP contribution is 2.22. The van der Waals surface area contributed by atoms with Crippen LogP contribution in [0, 0.1) is 23.7 Å². The van der Waals surface area contributed by atoms with E-state index >= 15 is 9.59 Å². The van der Waals surface area contributed by atoms with Gasteiger partial charge in [-0.15, -0.1) is 0 Å². The minimum Gasteiger partial charge on any atom is -0.391 e. The molecule has 2 saturated heterocycles. The summed E-state index contributed by atoms with van der Waals surface area (Å²) in [5.74, 6) is -12.3. The number of hydrogen-bond acceptors (Lipinski definition) is 15. The van der Waals surface area contributed by atoms with Gasteiger partial charge in [0.2, 0.25) is 82.7 Å². The van der Waals surface area contributed by atoms with Gasteiger partial charge in [0.15, 0.2) is 0 Å². The molecule has 29 nitrogen and oxygen atoms in total. The molecule has 2 aliphatic heterocycles. The van der Waals surface area contributed by atoms with E-state index in [0.29, 0.717) is 24.2 Å². The van der Waals surface area contributed by atoms with E-state index in [-0.39, 0.29) is 55.8 Å². The van der Waals surface area contributed by atoms with Crippen LogP contribution >= 0.6 is 0 Å². The molecule has 2 heterocycles. The first-order valence-electron chi connectivity index (χ1n) is 35.9. The number of nitrogens with zero attached hydrogens (tertiary/aromatic N) is 8. The van der Waals surface area contributed by atoms with Gasteiger partial charge < -0.3 is 76.2 Å². The minimum absolute atomic E-state index is 0.00878. The van der Waals surface area contributed by atoms with E-state index in [0.717, 1.165) is 48.7 Å². The summed E-state index contributed by atoms with van der Waals surface area (Å²) < 4.78 is 0. The number of carbonyl (C=O) groups excluding carboxylic acids is 14. The van der Waals surface area contributed by atoms with Crippen LogP contribution in [-0.2, 0) is 80.0 Å². The summed E-state index contributed by atoms with van der Waals surface area (Å²) in [6.07, 6.45) is -0.0144. The Morgan fingerprint density at radius 1 is 0.544 bits per heavy atom. The van der Waals surface area contributed by atoms with Crippen LogP contribution in [0.5, 0.6) is 0 Å². The van der Waals surface area contributed by atoms with Gasteiger partial charge in [-0.3, -0.25) is 67.1 Å². The maximum Gasteiger partial charge on any atom is 0.246 e. The van der Waals surface area contributed by atoms with E-state index in [4.69, 9.17) is 0 Å². The first-order chi connectivity index (χ1) is 48.2. The Kier molecular flexibility index (Phi) is 33.7. The second-order valence-electron chi connectivity index (χ2n) is 29.4. The van der Waals surface area contributed by atoms with E-state index in [2.05, 4.69) is 31.9 Å². The van der Waals surface area contributed by atoms with Crippen molar-refractivity contribution < 1.29 is 72.2 Å². The third-order valence-electron chi connectivity index (χ3n) is 19.3. The van der Waals surface area contributed by atoms with Crippen molar-refractivity contribution in [2.75, 3.05) is 75.5 Å². The van der Waals surface area contributed by atoms with Crippen LogP contribution in [0.25, 0.3) is 0 Å². The number of amides is 14. The van der Waals surface area contributed by atoms with Gasteiger partial charge in [0.05, 0.1) is 25.6 Å². The summed E-state index contributed by atoms with van der Waals surface area (Å²) in [6, 6.07) is 2.13. The van der Waals surface area contributed by atoms with Gasteiger partial charge in [0.25, 0.3) is 0 Å². The highest BCUT2D eigenvalue weighted by molar-refractivity contribution is 6.01. The van der Waals surface area contributed by atoms with Crippen LogP contribution in [-0.4, -0.2) is 275 Å². The number of aliphatic hydroxyl groups is 1. The number of carbonyl (C=O) groups is 14. The predicted octanol–water partition coefficient (Wildman–Crippen LogP) is 1.08. The number of hydrogen-bond donors (Lipinski definition) is 7. The molecule has 2 aliphatic rings. The maximum absolute atomic E-state index is 15.4. The Morgan fingerprint density at radius 3 is 1.60 bits per heavy atom. The van der Waals surface area contributed by atoms with Crippen molar-refractivity contribution in [3.05, 3.63) is 71.8 Å². The second kappa shape index (κ2) is 40.1. The molecule has 0 saturated carbocycles. The van der Waals surface area contributed by atoms with Gasteiger partial charge >= 0.3 is 0 Å². The molecule has 14 amide bonds. The summed E-state index contributed by atoms with van der Waals surface area (Å²) in [7, 11) is 9.27. The third kappa shape index (κ3) is 24.9. The zero-order valence-corrected chi connectivity index (χ0v) is 63.9. The van der Waals surface area contributed by atoms with Crippen LogP contribution in [0.4, 0.5) is 0 Å². The van der Waals surface area contributed by atoms with Crippen molar-refractivity contribution in [2.24, 2.45) is 23.7 Å². The molecule has 0 bridgehead atoms. The van der Waals surface area contributed by atoms with Crippen molar-refractivity contribution in [1.29, 1.82) is 0 Å². The molecule has 2 aromatic rings. The smallest absolute Gasteiger partial charge is 0.246 e. The molecular formula is C74H116N14O15. The normalized spacial score (nSPS) is 24.3. The topological polar surface area (TPSA) is 357 Å². The average Bonchev–Trinajstić information content (AvgIpc) is 0.829. The summed E-state index contributed by atoms with van der Waals surface area (Å²) >= 11 is 0. The van der Waals surface area contributed by atoms with E-state index in [1.807, 2.05) is 27.7 Å². The van der Waals surface area contributed by atoms with Crippen molar-refractivity contribution in [3.8, 4) is 0 Å². The van der Waals surface area contributed by atoms with Gasteiger partial charge in [-0.25, -0.2) is 0 Å². The molecule has 0 unspecified atom stereocenters. The monoisotopic (exact) mass is 1440 g/mol. The highest BCUT2D eigenvalue weighted by Gasteiger charge is 2.43. The van der Waals surface area contributed by atoms with Gasteiger partial charge in [-0.05, 0) is 101 Å². The molecule has 103 heavy (non-hydrogen) atoms. The lowest BCUT2D eigenvalue weighted by molar-refractivity contribution is -0.150. The fraction of sp³-hybridized carbons (Fsp3) is 0.649. The third-order valence-corrected chi connectivity index (χ3v) is 19.3.